The number of nitrogens with zero attached hydrogens (tertiary/aromatic N) is 1. The quantitative estimate of drug-likeness (QED) is 0.550. The highest BCUT2D eigenvalue weighted by molar-refractivity contribution is 7.89. The number of hydrogen-bond acceptors (Lipinski definition) is 6. The van der Waals surface area contributed by atoms with E-state index in [1.165, 1.54) is 26.2 Å². The number of benzene rings is 2. The molecule has 34 heavy (non-hydrogen) atoms. The molecule has 2 amide bonds. The number of anilines is 1. The van der Waals surface area contributed by atoms with Crippen LogP contribution < -0.4 is 10.6 Å². The monoisotopic (exact) mass is 489 g/mol. The van der Waals surface area contributed by atoms with Crippen molar-refractivity contribution in [1.29, 1.82) is 0 Å². The van der Waals surface area contributed by atoms with Gasteiger partial charge in [-0.15, -0.1) is 0 Å². The van der Waals surface area contributed by atoms with Gasteiger partial charge in [0, 0.05) is 25.3 Å². The average molecular weight is 490 g/mol. The molecule has 10 heteroatoms. The maximum Gasteiger partial charge on any atom is 0.325 e. The number of carbonyl (C=O) groups is 3. The van der Waals surface area contributed by atoms with Gasteiger partial charge in [-0.05, 0) is 47.7 Å². The minimum atomic E-state index is -3.67. The SMILES string of the molecule is Cc1ccc(S(=O)(=O)N(C)C)cc1NC(=O)COC(=O)CNC(=O)c1ccc(C(C)(C)C)cc1. The van der Waals surface area contributed by atoms with Crippen LogP contribution in [0.4, 0.5) is 5.69 Å². The molecule has 0 spiro atoms. The summed E-state index contributed by atoms with van der Waals surface area (Å²) in [6.07, 6.45) is 0. The summed E-state index contributed by atoms with van der Waals surface area (Å²) in [4.78, 5) is 36.4. The number of nitrogens with one attached hydrogen (secondary N) is 2. The van der Waals surface area contributed by atoms with E-state index in [1.54, 1.807) is 25.1 Å². The molecular weight excluding hydrogens is 458 g/mol. The van der Waals surface area contributed by atoms with Crippen molar-refractivity contribution in [2.75, 3.05) is 32.6 Å². The Kier molecular flexibility index (Phi) is 8.57. The van der Waals surface area contributed by atoms with E-state index >= 15 is 0 Å². The summed E-state index contributed by atoms with van der Waals surface area (Å²) >= 11 is 0. The Labute approximate surface area is 200 Å². The van der Waals surface area contributed by atoms with Gasteiger partial charge in [-0.25, -0.2) is 12.7 Å². The second kappa shape index (κ2) is 10.8. The molecule has 2 aromatic rings. The van der Waals surface area contributed by atoms with Gasteiger partial charge in [0.1, 0.15) is 6.54 Å². The summed E-state index contributed by atoms with van der Waals surface area (Å²) in [6, 6.07) is 11.4. The van der Waals surface area contributed by atoms with Crippen LogP contribution in [-0.2, 0) is 29.8 Å². The van der Waals surface area contributed by atoms with Gasteiger partial charge < -0.3 is 15.4 Å². The maximum absolute atomic E-state index is 12.3. The number of amides is 2. The van der Waals surface area contributed by atoms with Crippen LogP contribution in [0.2, 0.25) is 0 Å². The van der Waals surface area contributed by atoms with Crippen molar-refractivity contribution in [3.63, 3.8) is 0 Å². The van der Waals surface area contributed by atoms with Gasteiger partial charge >= 0.3 is 5.97 Å². The first-order valence-electron chi connectivity index (χ1n) is 10.6. The molecule has 0 bridgehead atoms. The molecule has 0 aliphatic rings. The first-order valence-corrected chi connectivity index (χ1v) is 12.0. The summed E-state index contributed by atoms with van der Waals surface area (Å²) in [5.41, 5.74) is 2.37. The van der Waals surface area contributed by atoms with E-state index < -0.39 is 41.0 Å². The summed E-state index contributed by atoms with van der Waals surface area (Å²) in [5.74, 6) is -1.85. The Morgan fingerprint density at radius 1 is 1.00 bits per heavy atom. The van der Waals surface area contributed by atoms with Crippen molar-refractivity contribution in [2.24, 2.45) is 0 Å². The Morgan fingerprint density at radius 2 is 1.62 bits per heavy atom. The van der Waals surface area contributed by atoms with Crippen molar-refractivity contribution < 1.29 is 27.5 Å². The lowest BCUT2D eigenvalue weighted by Crippen LogP contribution is -2.32. The zero-order valence-electron chi connectivity index (χ0n) is 20.3. The van der Waals surface area contributed by atoms with E-state index in [9.17, 15) is 22.8 Å². The van der Waals surface area contributed by atoms with Crippen LogP contribution >= 0.6 is 0 Å². The number of esters is 1. The van der Waals surface area contributed by atoms with Crippen molar-refractivity contribution in [2.45, 2.75) is 38.0 Å². The molecule has 0 aromatic heterocycles. The lowest BCUT2D eigenvalue weighted by atomic mass is 9.87. The molecule has 0 saturated heterocycles. The van der Waals surface area contributed by atoms with Gasteiger partial charge in [-0.2, -0.15) is 0 Å². The van der Waals surface area contributed by atoms with E-state index in [4.69, 9.17) is 4.74 Å². The van der Waals surface area contributed by atoms with Crippen LogP contribution in [0.15, 0.2) is 47.4 Å². The fourth-order valence-corrected chi connectivity index (χ4v) is 3.79. The van der Waals surface area contributed by atoms with Crippen molar-refractivity contribution >= 4 is 33.5 Å². The van der Waals surface area contributed by atoms with E-state index in [-0.39, 0.29) is 16.0 Å². The van der Waals surface area contributed by atoms with Gasteiger partial charge in [-0.1, -0.05) is 39.0 Å². The van der Waals surface area contributed by atoms with Gasteiger partial charge in [0.05, 0.1) is 4.90 Å². The van der Waals surface area contributed by atoms with Gasteiger partial charge in [0.15, 0.2) is 6.61 Å². The number of sulfonamides is 1. The van der Waals surface area contributed by atoms with Crippen LogP contribution in [-0.4, -0.2) is 57.8 Å². The summed E-state index contributed by atoms with van der Waals surface area (Å²) in [6.45, 7) is 6.92. The highest BCUT2D eigenvalue weighted by atomic mass is 32.2. The largest absolute Gasteiger partial charge is 0.454 e. The number of aryl methyl sites for hydroxylation is 1. The molecule has 2 rings (SSSR count). The third-order valence-electron chi connectivity index (χ3n) is 5.03. The van der Waals surface area contributed by atoms with Crippen molar-refractivity contribution in [3.05, 3.63) is 59.2 Å². The van der Waals surface area contributed by atoms with Crippen LogP contribution in [0.5, 0.6) is 0 Å². The zero-order valence-corrected chi connectivity index (χ0v) is 21.1. The molecular formula is C24H31N3O6S. The number of carbonyl (C=O) groups excluding carboxylic acids is 3. The Hall–Kier alpha value is -3.24. The third kappa shape index (κ3) is 7.13. The molecule has 184 valence electrons. The van der Waals surface area contributed by atoms with E-state index in [0.29, 0.717) is 11.1 Å². The van der Waals surface area contributed by atoms with Gasteiger partial charge in [-0.3, -0.25) is 14.4 Å². The highest BCUT2D eigenvalue weighted by Crippen LogP contribution is 2.23. The highest BCUT2D eigenvalue weighted by Gasteiger charge is 2.19. The standard InChI is InChI=1S/C24H31N3O6S/c1-16-7-12-19(34(31,32)27(5)6)13-20(16)26-21(28)15-33-22(29)14-25-23(30)17-8-10-18(11-9-17)24(2,3)4/h7-13H,14-15H2,1-6H3,(H,25,30)(H,26,28). The predicted molar refractivity (Wildman–Crippen MR) is 129 cm³/mol. The molecule has 0 unspecified atom stereocenters. The van der Waals surface area contributed by atoms with E-state index in [2.05, 4.69) is 31.4 Å². The molecule has 0 radical (unpaired) electrons. The Bertz CT molecular complexity index is 1170. The summed E-state index contributed by atoms with van der Waals surface area (Å²) < 4.78 is 30.6. The molecule has 2 N–H and O–H groups in total. The summed E-state index contributed by atoms with van der Waals surface area (Å²) in [7, 11) is -0.851. The first-order chi connectivity index (χ1) is 15.7. The van der Waals surface area contributed by atoms with Crippen LogP contribution in [0.25, 0.3) is 0 Å². The Morgan fingerprint density at radius 3 is 2.18 bits per heavy atom. The van der Waals surface area contributed by atoms with E-state index in [0.717, 1.165) is 9.87 Å². The first kappa shape index (κ1) is 27.0. The second-order valence-electron chi connectivity index (χ2n) is 8.98. The second-order valence-corrected chi connectivity index (χ2v) is 11.1. The van der Waals surface area contributed by atoms with Crippen LogP contribution in [0.1, 0.15) is 42.3 Å². The van der Waals surface area contributed by atoms with Crippen LogP contribution in [0.3, 0.4) is 0 Å². The van der Waals surface area contributed by atoms with Gasteiger partial charge in [0.25, 0.3) is 11.8 Å². The number of ether oxygens (including phenoxy) is 1. The smallest absolute Gasteiger partial charge is 0.325 e. The number of hydrogen-bond donors (Lipinski definition) is 2. The molecule has 0 saturated carbocycles. The molecule has 0 fully saturated rings. The topological polar surface area (TPSA) is 122 Å². The lowest BCUT2D eigenvalue weighted by Gasteiger charge is -2.19. The normalized spacial score (nSPS) is 11.7. The number of rotatable bonds is 8. The fourth-order valence-electron chi connectivity index (χ4n) is 2.87. The van der Waals surface area contributed by atoms with Gasteiger partial charge in [0.2, 0.25) is 10.0 Å². The molecule has 0 heterocycles. The lowest BCUT2D eigenvalue weighted by molar-refractivity contribution is -0.146. The minimum absolute atomic E-state index is 0.0219. The zero-order chi connectivity index (χ0) is 25.7. The molecule has 2 aromatic carbocycles. The van der Waals surface area contributed by atoms with E-state index in [1.807, 2.05) is 12.1 Å². The third-order valence-corrected chi connectivity index (χ3v) is 6.84. The predicted octanol–water partition coefficient (Wildman–Crippen LogP) is 2.45. The molecule has 0 atom stereocenters. The van der Waals surface area contributed by atoms with Crippen molar-refractivity contribution in [1.82, 2.24) is 9.62 Å². The molecule has 9 nitrogen and oxygen atoms in total. The van der Waals surface area contributed by atoms with Crippen LogP contribution in [0, 0.1) is 6.92 Å². The summed E-state index contributed by atoms with van der Waals surface area (Å²) in [5, 5.41) is 5.00. The minimum Gasteiger partial charge on any atom is -0.454 e. The fraction of sp³-hybridized carbons (Fsp3) is 0.375. The van der Waals surface area contributed by atoms with Crippen molar-refractivity contribution in [3.8, 4) is 0 Å². The molecule has 0 aliphatic carbocycles. The maximum atomic E-state index is 12.3. The molecule has 0 aliphatic heterocycles. The Balaban J connectivity index is 1.88. The average Bonchev–Trinajstić information content (AvgIpc) is 2.76.